The summed E-state index contributed by atoms with van der Waals surface area (Å²) in [4.78, 5) is 0. The highest BCUT2D eigenvalue weighted by atomic mass is 35.5. The molecule has 2 rings (SSSR count). The van der Waals surface area contributed by atoms with Crippen molar-refractivity contribution in [1.82, 2.24) is 0 Å². The molecule has 0 aliphatic heterocycles. The molecule has 0 amide bonds. The summed E-state index contributed by atoms with van der Waals surface area (Å²) >= 11 is 11.7. The van der Waals surface area contributed by atoms with E-state index in [1.165, 1.54) is 0 Å². The minimum atomic E-state index is 0.303. The zero-order chi connectivity index (χ0) is 13.7. The van der Waals surface area contributed by atoms with E-state index in [1.807, 2.05) is 48.5 Å². The lowest BCUT2D eigenvalue weighted by molar-refractivity contribution is 0.836. The van der Waals surface area contributed by atoms with E-state index in [0.717, 1.165) is 28.0 Å². The number of anilines is 2. The van der Waals surface area contributed by atoms with E-state index >= 15 is 0 Å². The van der Waals surface area contributed by atoms with Gasteiger partial charge in [-0.15, -0.1) is 0 Å². The van der Waals surface area contributed by atoms with Crippen LogP contribution in [-0.4, -0.2) is 12.6 Å². The van der Waals surface area contributed by atoms with Crippen molar-refractivity contribution in [3.8, 4) is 0 Å². The highest BCUT2D eigenvalue weighted by Crippen LogP contribution is 2.15. The van der Waals surface area contributed by atoms with Gasteiger partial charge >= 0.3 is 0 Å². The van der Waals surface area contributed by atoms with E-state index in [0.29, 0.717) is 6.04 Å². The average molecular weight is 295 g/mol. The predicted molar refractivity (Wildman–Crippen MR) is 84.5 cm³/mol. The monoisotopic (exact) mass is 294 g/mol. The molecular weight excluding hydrogens is 279 g/mol. The first-order valence-electron chi connectivity index (χ1n) is 6.15. The first-order chi connectivity index (χ1) is 9.13. The second-order valence-electron chi connectivity index (χ2n) is 4.44. The molecule has 0 saturated carbocycles. The maximum atomic E-state index is 5.85. The lowest BCUT2D eigenvalue weighted by Gasteiger charge is -2.16. The summed E-state index contributed by atoms with van der Waals surface area (Å²) < 4.78 is 0. The van der Waals surface area contributed by atoms with Crippen molar-refractivity contribution in [1.29, 1.82) is 0 Å². The summed E-state index contributed by atoms with van der Waals surface area (Å²) in [6.45, 7) is 2.95. The van der Waals surface area contributed by atoms with Crippen LogP contribution < -0.4 is 10.6 Å². The molecule has 0 spiro atoms. The molecule has 0 bridgehead atoms. The number of halogens is 2. The molecular formula is C15H16Cl2N2. The Hall–Kier alpha value is -1.38. The normalized spacial score (nSPS) is 11.9. The molecule has 19 heavy (non-hydrogen) atoms. The van der Waals surface area contributed by atoms with Crippen LogP contribution in [0.25, 0.3) is 0 Å². The molecule has 0 aromatic heterocycles. The van der Waals surface area contributed by atoms with Crippen LogP contribution in [0.5, 0.6) is 0 Å². The second kappa shape index (κ2) is 6.69. The third kappa shape index (κ3) is 4.66. The zero-order valence-corrected chi connectivity index (χ0v) is 12.2. The van der Waals surface area contributed by atoms with Gasteiger partial charge in [-0.1, -0.05) is 23.2 Å². The summed E-state index contributed by atoms with van der Waals surface area (Å²) in [5.41, 5.74) is 2.13. The molecule has 2 nitrogen and oxygen atoms in total. The molecule has 2 aromatic carbocycles. The van der Waals surface area contributed by atoms with Gasteiger partial charge in [-0.2, -0.15) is 0 Å². The van der Waals surface area contributed by atoms with E-state index in [4.69, 9.17) is 23.2 Å². The molecule has 0 aliphatic rings. The van der Waals surface area contributed by atoms with Gasteiger partial charge in [0.05, 0.1) is 0 Å². The molecule has 0 radical (unpaired) electrons. The summed E-state index contributed by atoms with van der Waals surface area (Å²) in [6.07, 6.45) is 0. The van der Waals surface area contributed by atoms with Gasteiger partial charge in [0.2, 0.25) is 0 Å². The number of hydrogen-bond donors (Lipinski definition) is 2. The Morgan fingerprint density at radius 2 is 1.32 bits per heavy atom. The molecule has 1 unspecified atom stereocenters. The van der Waals surface area contributed by atoms with Crippen LogP contribution in [0.1, 0.15) is 6.92 Å². The van der Waals surface area contributed by atoms with E-state index in [-0.39, 0.29) is 0 Å². The molecule has 0 fully saturated rings. The molecule has 0 saturated heterocycles. The largest absolute Gasteiger partial charge is 0.383 e. The summed E-state index contributed by atoms with van der Waals surface area (Å²) in [5.74, 6) is 0. The topological polar surface area (TPSA) is 24.1 Å². The van der Waals surface area contributed by atoms with Crippen LogP contribution in [0.3, 0.4) is 0 Å². The smallest absolute Gasteiger partial charge is 0.0407 e. The highest BCUT2D eigenvalue weighted by molar-refractivity contribution is 6.30. The van der Waals surface area contributed by atoms with Gasteiger partial charge in [-0.25, -0.2) is 0 Å². The minimum absolute atomic E-state index is 0.303. The Labute approximate surface area is 123 Å². The van der Waals surface area contributed by atoms with Crippen molar-refractivity contribution in [3.63, 3.8) is 0 Å². The summed E-state index contributed by atoms with van der Waals surface area (Å²) in [5, 5.41) is 8.26. The van der Waals surface area contributed by atoms with Crippen molar-refractivity contribution in [2.75, 3.05) is 17.2 Å². The Bertz CT molecular complexity index is 509. The number of hydrogen-bond acceptors (Lipinski definition) is 2. The fourth-order valence-electron chi connectivity index (χ4n) is 1.72. The van der Waals surface area contributed by atoms with Crippen molar-refractivity contribution in [3.05, 3.63) is 58.6 Å². The SMILES string of the molecule is CC(CNc1ccc(Cl)cc1)Nc1ccc(Cl)cc1. The molecule has 100 valence electrons. The van der Waals surface area contributed by atoms with E-state index in [9.17, 15) is 0 Å². The third-order valence-electron chi connectivity index (χ3n) is 2.71. The molecule has 0 aliphatic carbocycles. The Morgan fingerprint density at radius 1 is 0.842 bits per heavy atom. The number of nitrogens with one attached hydrogen (secondary N) is 2. The van der Waals surface area contributed by atoms with Crippen LogP contribution in [0, 0.1) is 0 Å². The van der Waals surface area contributed by atoms with Gasteiger partial charge < -0.3 is 10.6 Å². The lowest BCUT2D eigenvalue weighted by Crippen LogP contribution is -2.24. The summed E-state index contributed by atoms with van der Waals surface area (Å²) in [6, 6.07) is 15.7. The Morgan fingerprint density at radius 3 is 1.84 bits per heavy atom. The number of benzene rings is 2. The van der Waals surface area contributed by atoms with Crippen LogP contribution in [0.2, 0.25) is 10.0 Å². The predicted octanol–water partition coefficient (Wildman–Crippen LogP) is 4.91. The maximum absolute atomic E-state index is 5.85. The number of rotatable bonds is 5. The third-order valence-corrected chi connectivity index (χ3v) is 3.22. The quantitative estimate of drug-likeness (QED) is 0.819. The fourth-order valence-corrected chi connectivity index (χ4v) is 1.97. The standard InChI is InChI=1S/C15H16Cl2N2/c1-11(19-15-8-4-13(17)5-9-15)10-18-14-6-2-12(16)3-7-14/h2-9,11,18-19H,10H2,1H3. The zero-order valence-electron chi connectivity index (χ0n) is 10.7. The first-order valence-corrected chi connectivity index (χ1v) is 6.90. The van der Waals surface area contributed by atoms with Gasteiger partial charge in [0, 0.05) is 34.0 Å². The Kier molecular flexibility index (Phi) is 4.94. The van der Waals surface area contributed by atoms with Gasteiger partial charge in [0.1, 0.15) is 0 Å². The molecule has 2 aromatic rings. The van der Waals surface area contributed by atoms with Crippen molar-refractivity contribution < 1.29 is 0 Å². The average Bonchev–Trinajstić information content (AvgIpc) is 2.41. The van der Waals surface area contributed by atoms with Crippen LogP contribution >= 0.6 is 23.2 Å². The van der Waals surface area contributed by atoms with Crippen LogP contribution in [0.4, 0.5) is 11.4 Å². The first kappa shape index (κ1) is 14.0. The minimum Gasteiger partial charge on any atom is -0.383 e. The molecule has 4 heteroatoms. The molecule has 2 N–H and O–H groups in total. The Balaban J connectivity index is 1.82. The second-order valence-corrected chi connectivity index (χ2v) is 5.31. The van der Waals surface area contributed by atoms with Gasteiger partial charge in [0.25, 0.3) is 0 Å². The van der Waals surface area contributed by atoms with Crippen LogP contribution in [0.15, 0.2) is 48.5 Å². The fraction of sp³-hybridized carbons (Fsp3) is 0.200. The molecule has 1 atom stereocenters. The van der Waals surface area contributed by atoms with E-state index in [1.54, 1.807) is 0 Å². The lowest BCUT2D eigenvalue weighted by atomic mass is 10.2. The van der Waals surface area contributed by atoms with Crippen LogP contribution in [-0.2, 0) is 0 Å². The highest BCUT2D eigenvalue weighted by Gasteiger charge is 2.02. The summed E-state index contributed by atoms with van der Waals surface area (Å²) in [7, 11) is 0. The van der Waals surface area contributed by atoms with Gasteiger partial charge in [-0.3, -0.25) is 0 Å². The maximum Gasteiger partial charge on any atom is 0.0407 e. The van der Waals surface area contributed by atoms with E-state index in [2.05, 4.69) is 17.6 Å². The van der Waals surface area contributed by atoms with Crippen molar-refractivity contribution in [2.45, 2.75) is 13.0 Å². The van der Waals surface area contributed by atoms with Gasteiger partial charge in [0.15, 0.2) is 0 Å². The van der Waals surface area contributed by atoms with Crippen molar-refractivity contribution >= 4 is 34.6 Å². The van der Waals surface area contributed by atoms with E-state index < -0.39 is 0 Å². The van der Waals surface area contributed by atoms with Gasteiger partial charge in [-0.05, 0) is 55.5 Å². The van der Waals surface area contributed by atoms with Crippen molar-refractivity contribution in [2.24, 2.45) is 0 Å². The molecule has 0 heterocycles.